The predicted molar refractivity (Wildman–Crippen MR) is 74.3 cm³/mol. The van der Waals surface area contributed by atoms with E-state index in [2.05, 4.69) is 40.3 Å². The molecule has 3 rings (SSSR count). The lowest BCUT2D eigenvalue weighted by molar-refractivity contribution is 0.924. The van der Waals surface area contributed by atoms with Gasteiger partial charge in [0, 0.05) is 30.0 Å². The van der Waals surface area contributed by atoms with Gasteiger partial charge in [0.05, 0.1) is 0 Å². The van der Waals surface area contributed by atoms with Crippen LogP contribution >= 0.6 is 0 Å². The van der Waals surface area contributed by atoms with E-state index < -0.39 is 0 Å². The summed E-state index contributed by atoms with van der Waals surface area (Å²) in [5.74, 6) is 0. The molecule has 0 aliphatic carbocycles. The number of nitrogens with two attached hydrogens (primary N) is 1. The summed E-state index contributed by atoms with van der Waals surface area (Å²) < 4.78 is 0. The fraction of sp³-hybridized carbons (Fsp3) is 0.133. The minimum atomic E-state index is 0.632. The van der Waals surface area contributed by atoms with Crippen LogP contribution in [0.5, 0.6) is 0 Å². The maximum atomic E-state index is 5.57. The van der Waals surface area contributed by atoms with Gasteiger partial charge >= 0.3 is 0 Å². The molecule has 0 amide bonds. The Kier molecular flexibility index (Phi) is 2.82. The highest BCUT2D eigenvalue weighted by atomic mass is 14.7. The van der Waals surface area contributed by atoms with Crippen molar-refractivity contribution in [2.24, 2.45) is 5.73 Å². The Hall–Kier alpha value is -2.13. The van der Waals surface area contributed by atoms with Gasteiger partial charge in [0.15, 0.2) is 0 Å². The summed E-state index contributed by atoms with van der Waals surface area (Å²) in [7, 11) is 0. The summed E-state index contributed by atoms with van der Waals surface area (Å²) in [5.41, 5.74) is 10.2. The molecule has 0 saturated heterocycles. The van der Waals surface area contributed by atoms with E-state index in [1.54, 1.807) is 0 Å². The Bertz CT molecular complexity index is 670. The summed E-state index contributed by atoms with van der Waals surface area (Å²) >= 11 is 0. The highest BCUT2D eigenvalue weighted by Gasteiger charge is 2.02. The van der Waals surface area contributed by atoms with Gasteiger partial charge in [-0.1, -0.05) is 6.07 Å². The first-order chi connectivity index (χ1) is 8.86. The average Bonchev–Trinajstić information content (AvgIpc) is 2.86. The molecular weight excluding hydrogens is 222 g/mol. The van der Waals surface area contributed by atoms with Gasteiger partial charge in [-0.15, -0.1) is 0 Å². The number of benzene rings is 1. The van der Waals surface area contributed by atoms with Crippen LogP contribution in [-0.2, 0) is 6.42 Å². The summed E-state index contributed by atoms with van der Waals surface area (Å²) in [6, 6.07) is 12.6. The fourth-order valence-electron chi connectivity index (χ4n) is 2.18. The molecule has 3 heteroatoms. The van der Waals surface area contributed by atoms with Crippen LogP contribution in [0.4, 0.5) is 0 Å². The number of aromatic amines is 1. The number of hydrogen-bond acceptors (Lipinski definition) is 2. The van der Waals surface area contributed by atoms with E-state index >= 15 is 0 Å². The molecule has 0 unspecified atom stereocenters. The lowest BCUT2D eigenvalue weighted by atomic mass is 10.0. The topological polar surface area (TPSA) is 54.7 Å². The second-order valence-corrected chi connectivity index (χ2v) is 4.35. The Morgan fingerprint density at radius 2 is 1.94 bits per heavy atom. The first-order valence-electron chi connectivity index (χ1n) is 6.09. The van der Waals surface area contributed by atoms with Gasteiger partial charge in [-0.2, -0.15) is 0 Å². The van der Waals surface area contributed by atoms with Crippen LogP contribution in [0.25, 0.3) is 22.0 Å². The Morgan fingerprint density at radius 1 is 1.06 bits per heavy atom. The van der Waals surface area contributed by atoms with E-state index in [-0.39, 0.29) is 0 Å². The Balaban J connectivity index is 2.04. The van der Waals surface area contributed by atoms with Gasteiger partial charge in [-0.3, -0.25) is 4.98 Å². The van der Waals surface area contributed by atoms with E-state index in [9.17, 15) is 0 Å². The van der Waals surface area contributed by atoms with Crippen molar-refractivity contribution < 1.29 is 0 Å². The van der Waals surface area contributed by atoms with E-state index in [0.29, 0.717) is 6.54 Å². The summed E-state index contributed by atoms with van der Waals surface area (Å²) in [4.78, 5) is 7.52. The van der Waals surface area contributed by atoms with Crippen LogP contribution in [0.15, 0.2) is 48.8 Å². The smallest absolute Gasteiger partial charge is 0.0454 e. The molecule has 2 aromatic heterocycles. The monoisotopic (exact) mass is 237 g/mol. The molecule has 90 valence electrons. The zero-order valence-corrected chi connectivity index (χ0v) is 10.1. The SMILES string of the molecule is NCCc1cc(-c2ccc3[nH]ccc3c2)ccn1. The average molecular weight is 237 g/mol. The van der Waals surface area contributed by atoms with Crippen molar-refractivity contribution in [2.45, 2.75) is 6.42 Å². The van der Waals surface area contributed by atoms with Crippen molar-refractivity contribution >= 4 is 10.9 Å². The second kappa shape index (κ2) is 4.63. The maximum absolute atomic E-state index is 5.57. The lowest BCUT2D eigenvalue weighted by Gasteiger charge is -2.04. The molecule has 1 aromatic carbocycles. The normalized spacial score (nSPS) is 10.9. The number of H-pyrrole nitrogens is 1. The standard InChI is InChI=1S/C15H15N3/c16-6-3-14-10-12(4-7-17-14)11-1-2-15-13(9-11)5-8-18-15/h1-2,4-5,7-10,18H,3,6,16H2. The third kappa shape index (κ3) is 2.00. The molecule has 0 saturated carbocycles. The molecule has 3 nitrogen and oxygen atoms in total. The molecule has 0 atom stereocenters. The minimum Gasteiger partial charge on any atom is -0.361 e. The van der Waals surface area contributed by atoms with Gasteiger partial charge in [0.1, 0.15) is 0 Å². The first-order valence-corrected chi connectivity index (χ1v) is 6.09. The summed E-state index contributed by atoms with van der Waals surface area (Å²) in [5, 5.41) is 1.23. The van der Waals surface area contributed by atoms with Crippen LogP contribution < -0.4 is 5.73 Å². The minimum absolute atomic E-state index is 0.632. The van der Waals surface area contributed by atoms with E-state index in [1.165, 1.54) is 16.5 Å². The van der Waals surface area contributed by atoms with E-state index in [1.807, 2.05) is 18.5 Å². The van der Waals surface area contributed by atoms with Gasteiger partial charge in [-0.05, 0) is 53.4 Å². The number of pyridine rings is 1. The number of rotatable bonds is 3. The van der Waals surface area contributed by atoms with Crippen LogP contribution in [-0.4, -0.2) is 16.5 Å². The maximum Gasteiger partial charge on any atom is 0.0454 e. The lowest BCUT2D eigenvalue weighted by Crippen LogP contribution is -2.04. The summed E-state index contributed by atoms with van der Waals surface area (Å²) in [6.07, 6.45) is 4.63. The largest absolute Gasteiger partial charge is 0.361 e. The van der Waals surface area contributed by atoms with Crippen molar-refractivity contribution in [2.75, 3.05) is 6.54 Å². The van der Waals surface area contributed by atoms with Crippen molar-refractivity contribution in [1.29, 1.82) is 0 Å². The molecule has 18 heavy (non-hydrogen) atoms. The molecule has 0 aliphatic heterocycles. The molecule has 0 bridgehead atoms. The highest BCUT2D eigenvalue weighted by Crippen LogP contribution is 2.24. The zero-order chi connectivity index (χ0) is 12.4. The molecule has 0 spiro atoms. The molecule has 3 aromatic rings. The zero-order valence-electron chi connectivity index (χ0n) is 10.1. The molecular formula is C15H15N3. The van der Waals surface area contributed by atoms with Crippen molar-refractivity contribution in [1.82, 2.24) is 9.97 Å². The van der Waals surface area contributed by atoms with E-state index in [4.69, 9.17) is 5.73 Å². The van der Waals surface area contributed by atoms with Crippen LogP contribution in [0.3, 0.4) is 0 Å². The second-order valence-electron chi connectivity index (χ2n) is 4.35. The van der Waals surface area contributed by atoms with Gasteiger partial charge in [0.2, 0.25) is 0 Å². The van der Waals surface area contributed by atoms with Gasteiger partial charge in [0.25, 0.3) is 0 Å². The molecule has 0 fully saturated rings. The van der Waals surface area contributed by atoms with Crippen molar-refractivity contribution in [3.05, 3.63) is 54.5 Å². The first kappa shape index (κ1) is 11.0. The summed E-state index contributed by atoms with van der Waals surface area (Å²) in [6.45, 7) is 0.632. The number of nitrogens with zero attached hydrogens (tertiary/aromatic N) is 1. The number of hydrogen-bond donors (Lipinski definition) is 2. The van der Waals surface area contributed by atoms with Crippen LogP contribution in [0.1, 0.15) is 5.69 Å². The number of nitrogens with one attached hydrogen (secondary N) is 1. The fourth-order valence-corrected chi connectivity index (χ4v) is 2.18. The quantitative estimate of drug-likeness (QED) is 0.736. The third-order valence-electron chi connectivity index (χ3n) is 3.10. The van der Waals surface area contributed by atoms with Crippen LogP contribution in [0.2, 0.25) is 0 Å². The molecule has 2 heterocycles. The molecule has 0 aliphatic rings. The van der Waals surface area contributed by atoms with Gasteiger partial charge < -0.3 is 10.7 Å². The van der Waals surface area contributed by atoms with Crippen molar-refractivity contribution in [3.63, 3.8) is 0 Å². The van der Waals surface area contributed by atoms with Gasteiger partial charge in [-0.25, -0.2) is 0 Å². The predicted octanol–water partition coefficient (Wildman–Crippen LogP) is 2.73. The van der Waals surface area contributed by atoms with E-state index in [0.717, 1.165) is 17.6 Å². The highest BCUT2D eigenvalue weighted by molar-refractivity contribution is 5.84. The van der Waals surface area contributed by atoms with Crippen LogP contribution in [0, 0.1) is 0 Å². The van der Waals surface area contributed by atoms with Crippen molar-refractivity contribution in [3.8, 4) is 11.1 Å². The molecule has 0 radical (unpaired) electrons. The number of aromatic nitrogens is 2. The molecule has 3 N–H and O–H groups in total. The Morgan fingerprint density at radius 3 is 2.83 bits per heavy atom. The number of fused-ring (bicyclic) bond motifs is 1. The Labute approximate surface area is 106 Å². The third-order valence-corrected chi connectivity index (χ3v) is 3.10.